The molecule has 0 aromatic heterocycles. The highest BCUT2D eigenvalue weighted by Gasteiger charge is 2.37. The number of nitrogens with zero attached hydrogens (tertiary/aromatic N) is 1. The van der Waals surface area contributed by atoms with Gasteiger partial charge in [0.15, 0.2) is 0 Å². The average Bonchev–Trinajstić information content (AvgIpc) is 2.67. The molecule has 2 fully saturated rings. The molecule has 2 aliphatic rings. The predicted octanol–water partition coefficient (Wildman–Crippen LogP) is 2.25. The molecule has 0 amide bonds. The average molecular weight is 210 g/mol. The van der Waals surface area contributed by atoms with Gasteiger partial charge in [0.05, 0.1) is 0 Å². The zero-order valence-electron chi connectivity index (χ0n) is 10.6. The molecule has 0 bridgehead atoms. The second kappa shape index (κ2) is 4.42. The summed E-state index contributed by atoms with van der Waals surface area (Å²) >= 11 is 0. The minimum atomic E-state index is 0.523. The SMILES string of the molecule is CC(C)C1CN(C2(C)CCCC2)CCN1. The van der Waals surface area contributed by atoms with Gasteiger partial charge in [-0.05, 0) is 25.7 Å². The smallest absolute Gasteiger partial charge is 0.0218 e. The zero-order valence-corrected chi connectivity index (χ0v) is 10.6. The fraction of sp³-hybridized carbons (Fsp3) is 1.00. The molecule has 1 saturated carbocycles. The van der Waals surface area contributed by atoms with Gasteiger partial charge in [-0.15, -0.1) is 0 Å². The first kappa shape index (κ1) is 11.4. The van der Waals surface area contributed by atoms with Gasteiger partial charge in [0, 0.05) is 31.2 Å². The number of nitrogens with one attached hydrogen (secondary N) is 1. The molecular weight excluding hydrogens is 184 g/mol. The van der Waals surface area contributed by atoms with Crippen LogP contribution in [0.3, 0.4) is 0 Å². The Bertz CT molecular complexity index is 207. The van der Waals surface area contributed by atoms with Crippen molar-refractivity contribution >= 4 is 0 Å². The van der Waals surface area contributed by atoms with Crippen molar-refractivity contribution in [3.63, 3.8) is 0 Å². The van der Waals surface area contributed by atoms with E-state index in [1.54, 1.807) is 0 Å². The van der Waals surface area contributed by atoms with Gasteiger partial charge >= 0.3 is 0 Å². The van der Waals surface area contributed by atoms with Crippen LogP contribution in [0.5, 0.6) is 0 Å². The van der Waals surface area contributed by atoms with Crippen LogP contribution in [0.4, 0.5) is 0 Å². The molecular formula is C13H26N2. The maximum absolute atomic E-state index is 3.65. The van der Waals surface area contributed by atoms with Crippen LogP contribution in [0.15, 0.2) is 0 Å². The lowest BCUT2D eigenvalue weighted by Gasteiger charge is -2.45. The Labute approximate surface area is 94.4 Å². The maximum Gasteiger partial charge on any atom is 0.0218 e. The summed E-state index contributed by atoms with van der Waals surface area (Å²) in [6.07, 6.45) is 5.70. The van der Waals surface area contributed by atoms with Gasteiger partial charge in [0.2, 0.25) is 0 Å². The summed E-state index contributed by atoms with van der Waals surface area (Å²) in [6, 6.07) is 0.705. The largest absolute Gasteiger partial charge is 0.311 e. The molecule has 0 aromatic rings. The highest BCUT2D eigenvalue weighted by Crippen LogP contribution is 2.35. The van der Waals surface area contributed by atoms with E-state index in [0.29, 0.717) is 11.6 Å². The first-order valence-electron chi connectivity index (χ1n) is 6.60. The zero-order chi connectivity index (χ0) is 10.9. The van der Waals surface area contributed by atoms with Crippen molar-refractivity contribution in [2.45, 2.75) is 58.0 Å². The summed E-state index contributed by atoms with van der Waals surface area (Å²) in [4.78, 5) is 2.75. The van der Waals surface area contributed by atoms with Crippen molar-refractivity contribution < 1.29 is 0 Å². The van der Waals surface area contributed by atoms with Gasteiger partial charge in [0.1, 0.15) is 0 Å². The van der Waals surface area contributed by atoms with Crippen LogP contribution in [0, 0.1) is 5.92 Å². The van der Waals surface area contributed by atoms with E-state index in [9.17, 15) is 0 Å². The molecule has 15 heavy (non-hydrogen) atoms. The lowest BCUT2D eigenvalue weighted by Crippen LogP contribution is -2.59. The Morgan fingerprint density at radius 1 is 1.27 bits per heavy atom. The third-order valence-corrected chi connectivity index (χ3v) is 4.45. The fourth-order valence-corrected chi connectivity index (χ4v) is 3.17. The molecule has 0 radical (unpaired) electrons. The van der Waals surface area contributed by atoms with E-state index < -0.39 is 0 Å². The predicted molar refractivity (Wildman–Crippen MR) is 65.1 cm³/mol. The van der Waals surface area contributed by atoms with Crippen molar-refractivity contribution in [3.8, 4) is 0 Å². The standard InChI is InChI=1S/C13H26N2/c1-11(2)12-10-15(9-8-14-12)13(3)6-4-5-7-13/h11-12,14H,4-10H2,1-3H3. The lowest BCUT2D eigenvalue weighted by molar-refractivity contribution is 0.0635. The lowest BCUT2D eigenvalue weighted by atomic mass is 9.93. The van der Waals surface area contributed by atoms with E-state index >= 15 is 0 Å². The highest BCUT2D eigenvalue weighted by molar-refractivity contribution is 4.95. The van der Waals surface area contributed by atoms with Gasteiger partial charge in [-0.25, -0.2) is 0 Å². The van der Waals surface area contributed by atoms with Crippen molar-refractivity contribution in [1.29, 1.82) is 0 Å². The highest BCUT2D eigenvalue weighted by atomic mass is 15.3. The van der Waals surface area contributed by atoms with Crippen LogP contribution in [0.25, 0.3) is 0 Å². The van der Waals surface area contributed by atoms with Crippen molar-refractivity contribution in [3.05, 3.63) is 0 Å². The minimum absolute atomic E-state index is 0.523. The van der Waals surface area contributed by atoms with Crippen LogP contribution in [0.2, 0.25) is 0 Å². The number of piperazine rings is 1. The first-order valence-corrected chi connectivity index (χ1v) is 6.60. The normalized spacial score (nSPS) is 32.4. The summed E-state index contributed by atoms with van der Waals surface area (Å²) in [5.41, 5.74) is 0.523. The summed E-state index contributed by atoms with van der Waals surface area (Å²) in [6.45, 7) is 10.8. The van der Waals surface area contributed by atoms with Crippen LogP contribution >= 0.6 is 0 Å². The van der Waals surface area contributed by atoms with E-state index in [4.69, 9.17) is 0 Å². The fourth-order valence-electron chi connectivity index (χ4n) is 3.17. The van der Waals surface area contributed by atoms with Gasteiger partial charge in [0.25, 0.3) is 0 Å². The van der Waals surface area contributed by atoms with E-state index in [1.165, 1.54) is 45.3 Å². The van der Waals surface area contributed by atoms with Crippen LogP contribution in [-0.2, 0) is 0 Å². The molecule has 0 aromatic carbocycles. The molecule has 1 aliphatic heterocycles. The van der Waals surface area contributed by atoms with Crippen LogP contribution in [-0.4, -0.2) is 36.1 Å². The summed E-state index contributed by atoms with van der Waals surface area (Å²) in [5, 5.41) is 3.65. The summed E-state index contributed by atoms with van der Waals surface area (Å²) in [5.74, 6) is 0.762. The minimum Gasteiger partial charge on any atom is -0.311 e. The quantitative estimate of drug-likeness (QED) is 0.752. The first-order chi connectivity index (χ1) is 7.12. The Morgan fingerprint density at radius 3 is 2.53 bits per heavy atom. The molecule has 1 saturated heterocycles. The number of rotatable bonds is 2. The Morgan fingerprint density at radius 2 is 1.93 bits per heavy atom. The van der Waals surface area contributed by atoms with Crippen LogP contribution < -0.4 is 5.32 Å². The van der Waals surface area contributed by atoms with Gasteiger partial charge in [-0.3, -0.25) is 4.90 Å². The van der Waals surface area contributed by atoms with Gasteiger partial charge in [-0.1, -0.05) is 26.7 Å². The molecule has 2 nitrogen and oxygen atoms in total. The molecule has 0 spiro atoms. The molecule has 1 unspecified atom stereocenters. The van der Waals surface area contributed by atoms with Crippen molar-refractivity contribution in [2.24, 2.45) is 5.92 Å². The maximum atomic E-state index is 3.65. The number of hydrogen-bond donors (Lipinski definition) is 1. The Kier molecular flexibility index (Phi) is 3.36. The summed E-state index contributed by atoms with van der Waals surface area (Å²) < 4.78 is 0. The van der Waals surface area contributed by atoms with Crippen molar-refractivity contribution in [2.75, 3.05) is 19.6 Å². The third-order valence-electron chi connectivity index (χ3n) is 4.45. The second-order valence-corrected chi connectivity index (χ2v) is 5.95. The molecule has 2 rings (SSSR count). The van der Waals surface area contributed by atoms with Crippen LogP contribution in [0.1, 0.15) is 46.5 Å². The number of hydrogen-bond acceptors (Lipinski definition) is 2. The monoisotopic (exact) mass is 210 g/mol. The molecule has 2 heteroatoms. The Balaban J connectivity index is 1.97. The van der Waals surface area contributed by atoms with E-state index in [-0.39, 0.29) is 0 Å². The van der Waals surface area contributed by atoms with Gasteiger partial charge in [-0.2, -0.15) is 0 Å². The van der Waals surface area contributed by atoms with E-state index in [1.807, 2.05) is 0 Å². The van der Waals surface area contributed by atoms with Crippen molar-refractivity contribution in [1.82, 2.24) is 10.2 Å². The van der Waals surface area contributed by atoms with E-state index in [0.717, 1.165) is 5.92 Å². The van der Waals surface area contributed by atoms with Gasteiger partial charge < -0.3 is 5.32 Å². The van der Waals surface area contributed by atoms with E-state index in [2.05, 4.69) is 31.0 Å². The molecule has 88 valence electrons. The summed E-state index contributed by atoms with van der Waals surface area (Å²) in [7, 11) is 0. The topological polar surface area (TPSA) is 15.3 Å². The molecule has 1 atom stereocenters. The second-order valence-electron chi connectivity index (χ2n) is 5.95. The molecule has 1 N–H and O–H groups in total. The third kappa shape index (κ3) is 2.36. The molecule has 1 heterocycles. The molecule has 1 aliphatic carbocycles. The Hall–Kier alpha value is -0.0800.